The van der Waals surface area contributed by atoms with Crippen LogP contribution in [0.25, 0.3) is 0 Å². The molecule has 2 fully saturated rings. The lowest BCUT2D eigenvalue weighted by Crippen LogP contribution is -2.40. The molecular formula is C20H30ClN3O3. The van der Waals surface area contributed by atoms with E-state index in [9.17, 15) is 4.79 Å². The third-order valence-electron chi connectivity index (χ3n) is 6.01. The van der Waals surface area contributed by atoms with Gasteiger partial charge in [-0.1, -0.05) is 13.0 Å². The molecule has 150 valence electrons. The molecule has 0 aromatic heterocycles. The molecular weight excluding hydrogens is 366 g/mol. The molecule has 2 saturated heterocycles. The van der Waals surface area contributed by atoms with Crippen LogP contribution in [0.1, 0.15) is 37.8 Å². The first-order chi connectivity index (χ1) is 12.6. The maximum Gasteiger partial charge on any atom is 0.237 e. The summed E-state index contributed by atoms with van der Waals surface area (Å²) >= 11 is 0. The SMILES string of the molecule is CC1(CN)CCN(CC(=O)N2CCCC2c2ccc3c(c2)OCCO3)C1.Cl. The second-order valence-corrected chi connectivity index (χ2v) is 8.12. The smallest absolute Gasteiger partial charge is 0.237 e. The number of hydrogen-bond acceptors (Lipinski definition) is 5. The van der Waals surface area contributed by atoms with Gasteiger partial charge in [-0.3, -0.25) is 9.69 Å². The van der Waals surface area contributed by atoms with Gasteiger partial charge in [0.2, 0.25) is 5.91 Å². The van der Waals surface area contributed by atoms with Crippen LogP contribution in [0.5, 0.6) is 11.5 Å². The minimum atomic E-state index is 0. The molecule has 3 aliphatic heterocycles. The zero-order chi connectivity index (χ0) is 18.1. The number of carbonyl (C=O) groups excluding carboxylic acids is 1. The number of fused-ring (bicyclic) bond motifs is 1. The standard InChI is InChI=1S/C20H29N3O3.ClH/c1-20(13-21)6-8-22(14-20)12-19(24)23-7-2-3-16(23)15-4-5-17-18(11-15)26-10-9-25-17;/h4-5,11,16H,2-3,6-10,12-14,21H2,1H3;1H. The van der Waals surface area contributed by atoms with Crippen LogP contribution < -0.4 is 15.2 Å². The quantitative estimate of drug-likeness (QED) is 0.846. The summed E-state index contributed by atoms with van der Waals surface area (Å²) in [6, 6.07) is 6.23. The number of likely N-dealkylation sites (tertiary alicyclic amines) is 2. The Morgan fingerprint density at radius 2 is 2.04 bits per heavy atom. The Labute approximate surface area is 167 Å². The molecule has 2 unspecified atom stereocenters. The lowest BCUT2D eigenvalue weighted by molar-refractivity contribution is -0.133. The van der Waals surface area contributed by atoms with Crippen LogP contribution in [0.4, 0.5) is 0 Å². The first-order valence-corrected chi connectivity index (χ1v) is 9.69. The number of ether oxygens (including phenoxy) is 2. The average molecular weight is 396 g/mol. The number of halogens is 1. The van der Waals surface area contributed by atoms with Crippen molar-refractivity contribution in [2.45, 2.75) is 32.2 Å². The highest BCUT2D eigenvalue weighted by Crippen LogP contribution is 2.38. The molecule has 0 spiro atoms. The summed E-state index contributed by atoms with van der Waals surface area (Å²) < 4.78 is 11.3. The van der Waals surface area contributed by atoms with Crippen LogP contribution in [0.2, 0.25) is 0 Å². The van der Waals surface area contributed by atoms with Crippen molar-refractivity contribution in [3.63, 3.8) is 0 Å². The topological polar surface area (TPSA) is 68.0 Å². The highest BCUT2D eigenvalue weighted by molar-refractivity contribution is 5.85. The fraction of sp³-hybridized carbons (Fsp3) is 0.650. The minimum Gasteiger partial charge on any atom is -0.486 e. The number of carbonyl (C=O) groups is 1. The fourth-order valence-electron chi connectivity index (χ4n) is 4.39. The number of benzene rings is 1. The molecule has 2 N–H and O–H groups in total. The van der Waals surface area contributed by atoms with E-state index in [1.165, 1.54) is 0 Å². The first kappa shape index (κ1) is 20.2. The average Bonchev–Trinajstić information content (AvgIpc) is 3.29. The minimum absolute atomic E-state index is 0. The van der Waals surface area contributed by atoms with Gasteiger partial charge in [-0.05, 0) is 55.5 Å². The molecule has 0 bridgehead atoms. The van der Waals surface area contributed by atoms with Gasteiger partial charge in [0.15, 0.2) is 11.5 Å². The summed E-state index contributed by atoms with van der Waals surface area (Å²) in [6.07, 6.45) is 3.12. The van der Waals surface area contributed by atoms with E-state index in [1.807, 2.05) is 17.0 Å². The first-order valence-electron chi connectivity index (χ1n) is 9.69. The molecule has 3 aliphatic rings. The van der Waals surface area contributed by atoms with Gasteiger partial charge in [0.05, 0.1) is 12.6 Å². The predicted octanol–water partition coefficient (Wildman–Crippen LogP) is 2.21. The van der Waals surface area contributed by atoms with Crippen LogP contribution in [0.15, 0.2) is 18.2 Å². The van der Waals surface area contributed by atoms with Crippen LogP contribution in [-0.2, 0) is 4.79 Å². The van der Waals surface area contributed by atoms with Crippen molar-refractivity contribution in [2.75, 3.05) is 45.9 Å². The molecule has 4 rings (SSSR count). The maximum atomic E-state index is 13.0. The third kappa shape index (κ3) is 4.18. The van der Waals surface area contributed by atoms with E-state index >= 15 is 0 Å². The summed E-state index contributed by atoms with van der Waals surface area (Å²) in [5, 5.41) is 0. The Kier molecular flexibility index (Phi) is 6.18. The highest BCUT2D eigenvalue weighted by Gasteiger charge is 2.36. The van der Waals surface area contributed by atoms with E-state index in [4.69, 9.17) is 15.2 Å². The Hall–Kier alpha value is -1.50. The molecule has 6 nitrogen and oxygen atoms in total. The highest BCUT2D eigenvalue weighted by atomic mass is 35.5. The molecule has 1 amide bonds. The fourth-order valence-corrected chi connectivity index (χ4v) is 4.39. The Morgan fingerprint density at radius 3 is 2.78 bits per heavy atom. The maximum absolute atomic E-state index is 13.0. The summed E-state index contributed by atoms with van der Waals surface area (Å²) in [4.78, 5) is 17.3. The second-order valence-electron chi connectivity index (χ2n) is 8.12. The third-order valence-corrected chi connectivity index (χ3v) is 6.01. The molecule has 3 heterocycles. The molecule has 7 heteroatoms. The lowest BCUT2D eigenvalue weighted by Gasteiger charge is -2.29. The number of rotatable bonds is 4. The Morgan fingerprint density at radius 1 is 1.26 bits per heavy atom. The number of nitrogens with two attached hydrogens (primary N) is 1. The molecule has 0 radical (unpaired) electrons. The number of nitrogens with zero attached hydrogens (tertiary/aromatic N) is 2. The normalized spacial score (nSPS) is 27.5. The second kappa shape index (κ2) is 8.25. The van der Waals surface area contributed by atoms with Gasteiger partial charge in [0.25, 0.3) is 0 Å². The summed E-state index contributed by atoms with van der Waals surface area (Å²) in [5.74, 6) is 1.82. The van der Waals surface area contributed by atoms with Gasteiger partial charge < -0.3 is 20.1 Å². The molecule has 27 heavy (non-hydrogen) atoms. The Bertz CT molecular complexity index is 686. The van der Waals surface area contributed by atoms with Gasteiger partial charge in [-0.15, -0.1) is 12.4 Å². The van der Waals surface area contributed by atoms with E-state index in [0.717, 1.165) is 56.0 Å². The van der Waals surface area contributed by atoms with Crippen LogP contribution in [0.3, 0.4) is 0 Å². The van der Waals surface area contributed by atoms with Crippen LogP contribution >= 0.6 is 12.4 Å². The van der Waals surface area contributed by atoms with E-state index in [0.29, 0.717) is 26.3 Å². The predicted molar refractivity (Wildman–Crippen MR) is 107 cm³/mol. The van der Waals surface area contributed by atoms with E-state index in [1.54, 1.807) is 0 Å². The van der Waals surface area contributed by atoms with Crippen molar-refractivity contribution in [3.05, 3.63) is 23.8 Å². The van der Waals surface area contributed by atoms with Gasteiger partial charge in [0, 0.05) is 13.1 Å². The van der Waals surface area contributed by atoms with Crippen molar-refractivity contribution in [1.82, 2.24) is 9.80 Å². The number of amides is 1. The van der Waals surface area contributed by atoms with Crippen molar-refractivity contribution in [3.8, 4) is 11.5 Å². The molecule has 2 atom stereocenters. The van der Waals surface area contributed by atoms with E-state index < -0.39 is 0 Å². The van der Waals surface area contributed by atoms with Crippen molar-refractivity contribution >= 4 is 18.3 Å². The Balaban J connectivity index is 0.00000210. The van der Waals surface area contributed by atoms with Crippen molar-refractivity contribution in [1.29, 1.82) is 0 Å². The van der Waals surface area contributed by atoms with Crippen LogP contribution in [0, 0.1) is 5.41 Å². The van der Waals surface area contributed by atoms with Crippen molar-refractivity contribution < 1.29 is 14.3 Å². The van der Waals surface area contributed by atoms with E-state index in [-0.39, 0.29) is 29.8 Å². The van der Waals surface area contributed by atoms with Gasteiger partial charge in [-0.2, -0.15) is 0 Å². The van der Waals surface area contributed by atoms with Gasteiger partial charge >= 0.3 is 0 Å². The molecule has 0 aliphatic carbocycles. The van der Waals surface area contributed by atoms with Crippen molar-refractivity contribution in [2.24, 2.45) is 11.1 Å². The monoisotopic (exact) mass is 395 g/mol. The van der Waals surface area contributed by atoms with E-state index in [2.05, 4.69) is 17.9 Å². The summed E-state index contributed by atoms with van der Waals surface area (Å²) in [5.41, 5.74) is 7.19. The molecule has 1 aromatic rings. The summed E-state index contributed by atoms with van der Waals surface area (Å²) in [6.45, 7) is 7.28. The number of hydrogen-bond donors (Lipinski definition) is 1. The summed E-state index contributed by atoms with van der Waals surface area (Å²) in [7, 11) is 0. The van der Waals surface area contributed by atoms with Gasteiger partial charge in [-0.25, -0.2) is 0 Å². The van der Waals surface area contributed by atoms with Crippen LogP contribution in [-0.4, -0.2) is 61.6 Å². The zero-order valence-electron chi connectivity index (χ0n) is 16.0. The van der Waals surface area contributed by atoms with Gasteiger partial charge in [0.1, 0.15) is 13.2 Å². The molecule has 0 saturated carbocycles. The largest absolute Gasteiger partial charge is 0.486 e. The lowest BCUT2D eigenvalue weighted by atomic mass is 9.90. The molecule has 1 aromatic carbocycles. The zero-order valence-corrected chi connectivity index (χ0v) is 16.8.